The van der Waals surface area contributed by atoms with Crippen molar-refractivity contribution >= 4 is 45.9 Å². The van der Waals surface area contributed by atoms with E-state index in [9.17, 15) is 14.4 Å². The zero-order valence-electron chi connectivity index (χ0n) is 22.6. The van der Waals surface area contributed by atoms with E-state index in [2.05, 4.69) is 15.5 Å². The molecule has 12 heteroatoms. The number of amides is 1. The third kappa shape index (κ3) is 6.12. The van der Waals surface area contributed by atoms with Crippen molar-refractivity contribution in [3.8, 4) is 0 Å². The van der Waals surface area contributed by atoms with Crippen LogP contribution in [0.4, 0.5) is 14.5 Å². The lowest BCUT2D eigenvalue weighted by Crippen LogP contribution is -2.54. The van der Waals surface area contributed by atoms with Gasteiger partial charge in [-0.05, 0) is 62.3 Å². The van der Waals surface area contributed by atoms with Crippen LogP contribution in [0.25, 0.3) is 10.9 Å². The molecule has 2 N–H and O–H groups in total. The van der Waals surface area contributed by atoms with Crippen LogP contribution in [0, 0.1) is 11.7 Å². The maximum atomic E-state index is 16.5. The van der Waals surface area contributed by atoms with Gasteiger partial charge in [0.15, 0.2) is 5.69 Å². The number of ketones is 1. The van der Waals surface area contributed by atoms with E-state index in [-0.39, 0.29) is 33.9 Å². The number of hydrogen-bond donors (Lipinski definition) is 2. The molecule has 9 nitrogen and oxygen atoms in total. The molecule has 0 bridgehead atoms. The van der Waals surface area contributed by atoms with Crippen LogP contribution < -0.4 is 5.32 Å². The van der Waals surface area contributed by atoms with Gasteiger partial charge in [0.1, 0.15) is 5.82 Å². The molecule has 218 valence electrons. The molecule has 0 spiro atoms. The molecule has 1 unspecified atom stereocenters. The molecule has 1 aliphatic heterocycles. The Morgan fingerprint density at radius 2 is 1.85 bits per heavy atom. The minimum Gasteiger partial charge on any atom is -0.469 e. The Hall–Kier alpha value is -3.41. The zero-order valence-corrected chi connectivity index (χ0v) is 23.3. The summed E-state index contributed by atoms with van der Waals surface area (Å²) < 4.78 is 42.3. The van der Waals surface area contributed by atoms with Crippen LogP contribution in [0.1, 0.15) is 54.6 Å². The van der Waals surface area contributed by atoms with Crippen LogP contribution in [0.2, 0.25) is 5.02 Å². The Balaban J connectivity index is 1.30. The van der Waals surface area contributed by atoms with E-state index in [1.54, 1.807) is 24.3 Å². The zero-order chi connectivity index (χ0) is 29.1. The molecule has 1 saturated carbocycles. The summed E-state index contributed by atoms with van der Waals surface area (Å²) in [4.78, 5) is 39.5. The van der Waals surface area contributed by atoms with E-state index in [4.69, 9.17) is 21.1 Å². The number of fused-ring (bicyclic) bond motifs is 1. The summed E-state index contributed by atoms with van der Waals surface area (Å²) >= 11 is 6.36. The number of halogens is 3. The van der Waals surface area contributed by atoms with E-state index in [0.29, 0.717) is 62.5 Å². The van der Waals surface area contributed by atoms with Gasteiger partial charge in [-0.25, -0.2) is 9.29 Å². The molecule has 2 aromatic carbocycles. The standard InChI is InChI=1S/C29H31ClF2N4O5/c1-40-28(39)17-8-10-19(11-9-17)41-29(32,36-12-4-5-13-36)25(37)15-18-14-21(30)24(16-22(18)31)33-27(38)26-20-6-2-3-7-23(20)34-35-26/h2-3,6-7,14,16-17,19H,4-5,8-13,15H2,1H3,(H,33,38)(H,34,35)/t17-,19-,29?. The number of rotatable bonds is 9. The largest absolute Gasteiger partial charge is 0.469 e. The van der Waals surface area contributed by atoms with Crippen molar-refractivity contribution in [1.82, 2.24) is 15.1 Å². The quantitative estimate of drug-likeness (QED) is 0.261. The molecule has 2 heterocycles. The summed E-state index contributed by atoms with van der Waals surface area (Å²) in [5.74, 6) is -5.70. The lowest BCUT2D eigenvalue weighted by atomic mass is 9.87. The van der Waals surface area contributed by atoms with E-state index >= 15 is 8.78 Å². The number of ether oxygens (including phenoxy) is 2. The molecule has 1 saturated heterocycles. The Morgan fingerprint density at radius 3 is 2.56 bits per heavy atom. The molecule has 2 aliphatic rings. The number of aromatic amines is 1. The number of alkyl halides is 1. The number of methoxy groups -OCH3 is 1. The number of carbonyl (C=O) groups excluding carboxylic acids is 3. The number of carbonyl (C=O) groups is 3. The first kappa shape index (κ1) is 29.1. The predicted octanol–water partition coefficient (Wildman–Crippen LogP) is 5.19. The van der Waals surface area contributed by atoms with E-state index < -0.39 is 36.0 Å². The smallest absolute Gasteiger partial charge is 0.330 e. The topological polar surface area (TPSA) is 114 Å². The average molecular weight is 589 g/mol. The summed E-state index contributed by atoms with van der Waals surface area (Å²) in [6.45, 7) is 0.658. The number of likely N-dealkylation sites (tertiary alicyclic amines) is 1. The number of aromatic nitrogens is 2. The number of anilines is 1. The van der Waals surface area contributed by atoms with Crippen LogP contribution >= 0.6 is 11.6 Å². The third-order valence-corrected chi connectivity index (χ3v) is 8.12. The lowest BCUT2D eigenvalue weighted by Gasteiger charge is -2.37. The second-order valence-electron chi connectivity index (χ2n) is 10.5. The molecule has 41 heavy (non-hydrogen) atoms. The highest BCUT2D eigenvalue weighted by atomic mass is 35.5. The van der Waals surface area contributed by atoms with Crippen LogP contribution in [-0.2, 0) is 25.5 Å². The fraction of sp³-hybridized carbons (Fsp3) is 0.448. The minimum absolute atomic E-state index is 0.0119. The normalized spacial score (nSPS) is 21.0. The van der Waals surface area contributed by atoms with E-state index in [1.807, 2.05) is 0 Å². The van der Waals surface area contributed by atoms with Crippen molar-refractivity contribution in [1.29, 1.82) is 0 Å². The van der Waals surface area contributed by atoms with Crippen molar-refractivity contribution < 1.29 is 32.6 Å². The number of para-hydroxylation sites is 1. The van der Waals surface area contributed by atoms with Crippen molar-refractivity contribution in [2.24, 2.45) is 5.92 Å². The second-order valence-corrected chi connectivity index (χ2v) is 10.9. The second kappa shape index (κ2) is 12.2. The van der Waals surface area contributed by atoms with Crippen molar-refractivity contribution in [3.05, 3.63) is 58.5 Å². The number of H-pyrrole nitrogens is 1. The fourth-order valence-electron chi connectivity index (χ4n) is 5.54. The number of hydrogen-bond acceptors (Lipinski definition) is 7. The monoisotopic (exact) mass is 588 g/mol. The van der Waals surface area contributed by atoms with E-state index in [0.717, 1.165) is 6.07 Å². The van der Waals surface area contributed by atoms with Gasteiger partial charge in [-0.3, -0.25) is 19.5 Å². The highest BCUT2D eigenvalue weighted by Gasteiger charge is 2.49. The molecule has 3 aromatic rings. The molecule has 1 aliphatic carbocycles. The third-order valence-electron chi connectivity index (χ3n) is 7.81. The Bertz CT molecular complexity index is 1450. The average Bonchev–Trinajstić information content (AvgIpc) is 3.67. The highest BCUT2D eigenvalue weighted by Crippen LogP contribution is 2.35. The SMILES string of the molecule is COC(=O)[C@H]1CC[C@H](OC(F)(C(=O)Cc2cc(Cl)c(NC(=O)c3n[nH]c4ccccc34)cc2F)N2CCCC2)CC1. The Kier molecular flexibility index (Phi) is 8.67. The summed E-state index contributed by atoms with van der Waals surface area (Å²) in [7, 11) is 1.33. The molecular weight excluding hydrogens is 558 g/mol. The summed E-state index contributed by atoms with van der Waals surface area (Å²) in [6, 6.07) is 9.26. The van der Waals surface area contributed by atoms with Crippen molar-refractivity contribution in [3.63, 3.8) is 0 Å². The predicted molar refractivity (Wildman–Crippen MR) is 148 cm³/mol. The van der Waals surface area contributed by atoms with Gasteiger partial charge in [0.05, 0.1) is 35.4 Å². The Labute approximate surface area is 240 Å². The molecule has 1 aromatic heterocycles. The molecular formula is C29H31ClF2N4O5. The number of esters is 1. The summed E-state index contributed by atoms with van der Waals surface area (Å²) in [6.07, 6.45) is 1.96. The van der Waals surface area contributed by atoms with Crippen LogP contribution in [-0.4, -0.2) is 65.0 Å². The van der Waals surface area contributed by atoms with Gasteiger partial charge < -0.3 is 14.8 Å². The first-order valence-electron chi connectivity index (χ1n) is 13.6. The molecule has 1 atom stereocenters. The van der Waals surface area contributed by atoms with Gasteiger partial charge in [-0.2, -0.15) is 9.49 Å². The van der Waals surface area contributed by atoms with Gasteiger partial charge in [-0.1, -0.05) is 29.8 Å². The Morgan fingerprint density at radius 1 is 1.15 bits per heavy atom. The van der Waals surface area contributed by atoms with Gasteiger partial charge in [0.2, 0.25) is 5.78 Å². The van der Waals surface area contributed by atoms with Crippen molar-refractivity contribution in [2.45, 2.75) is 57.0 Å². The minimum atomic E-state index is -2.74. The molecule has 0 radical (unpaired) electrons. The number of Topliss-reactive ketones (excluding diaryl/α,β-unsaturated/α-hetero) is 1. The van der Waals surface area contributed by atoms with Gasteiger partial charge in [-0.15, -0.1) is 0 Å². The molecule has 2 fully saturated rings. The lowest BCUT2D eigenvalue weighted by molar-refractivity contribution is -0.252. The van der Waals surface area contributed by atoms with Gasteiger partial charge >= 0.3 is 11.9 Å². The first-order chi connectivity index (χ1) is 19.7. The number of benzene rings is 2. The molecule has 5 rings (SSSR count). The van der Waals surface area contributed by atoms with Gasteiger partial charge in [0, 0.05) is 24.9 Å². The van der Waals surface area contributed by atoms with E-state index in [1.165, 1.54) is 18.1 Å². The highest BCUT2D eigenvalue weighted by molar-refractivity contribution is 6.34. The maximum Gasteiger partial charge on any atom is 0.330 e. The van der Waals surface area contributed by atoms with Crippen LogP contribution in [0.3, 0.4) is 0 Å². The van der Waals surface area contributed by atoms with Crippen molar-refractivity contribution in [2.75, 3.05) is 25.5 Å². The molecule has 1 amide bonds. The first-order valence-corrected chi connectivity index (χ1v) is 14.0. The fourth-order valence-corrected chi connectivity index (χ4v) is 5.78. The summed E-state index contributed by atoms with van der Waals surface area (Å²) in [5.41, 5.74) is 0.640. The van der Waals surface area contributed by atoms with Crippen LogP contribution in [0.5, 0.6) is 0 Å². The summed E-state index contributed by atoms with van der Waals surface area (Å²) in [5, 5.41) is 9.91. The number of nitrogens with one attached hydrogen (secondary N) is 2. The maximum absolute atomic E-state index is 16.5. The van der Waals surface area contributed by atoms with Gasteiger partial charge in [0.25, 0.3) is 5.91 Å². The number of nitrogens with zero attached hydrogens (tertiary/aromatic N) is 2. The van der Waals surface area contributed by atoms with Crippen LogP contribution in [0.15, 0.2) is 36.4 Å².